The number of thiazole rings is 1. The van der Waals surface area contributed by atoms with Crippen molar-refractivity contribution in [3.8, 4) is 0 Å². The Balaban J connectivity index is 1.29. The summed E-state index contributed by atoms with van der Waals surface area (Å²) in [5, 5.41) is 3.33. The number of anilines is 1. The monoisotopic (exact) mass is 441 g/mol. The molecule has 1 aliphatic heterocycles. The zero-order valence-corrected chi connectivity index (χ0v) is 17.5. The maximum Gasteiger partial charge on any atom is 0.289 e. The number of aromatic nitrogens is 2. The van der Waals surface area contributed by atoms with Crippen LogP contribution < -0.4 is 15.8 Å². The number of carbonyl (C=O) groups excluding carboxylic acids is 2. The molecular weight excluding hydrogens is 422 g/mol. The average Bonchev–Trinajstić information content (AvgIpc) is 3.30. The molecule has 1 saturated heterocycles. The highest BCUT2D eigenvalue weighted by Crippen LogP contribution is 2.25. The molecule has 1 aliphatic rings. The molecule has 2 amide bonds. The number of nitrogens with one attached hydrogen (secondary N) is 2. The Labute approximate surface area is 181 Å². The van der Waals surface area contributed by atoms with Gasteiger partial charge in [0.15, 0.2) is 5.13 Å². The van der Waals surface area contributed by atoms with Crippen LogP contribution in [0.4, 0.5) is 5.13 Å². The number of nitrogens with zero attached hydrogens (tertiary/aromatic N) is 3. The molecule has 4 rings (SSSR count). The van der Waals surface area contributed by atoms with E-state index in [0.717, 1.165) is 28.1 Å². The summed E-state index contributed by atoms with van der Waals surface area (Å²) in [4.78, 5) is 36.3. The molecular formula is C20H19N5O3S2. The Kier molecular flexibility index (Phi) is 6.57. The van der Waals surface area contributed by atoms with Crippen LogP contribution in [0.5, 0.6) is 0 Å². The molecule has 0 unspecified atom stereocenters. The fourth-order valence-electron chi connectivity index (χ4n) is 2.72. The molecule has 1 aromatic carbocycles. The van der Waals surface area contributed by atoms with Crippen molar-refractivity contribution in [3.05, 3.63) is 65.3 Å². The molecule has 0 bridgehead atoms. The first kappa shape index (κ1) is 20.3. The lowest BCUT2D eigenvalue weighted by molar-refractivity contribution is 0.0844. The smallest absolute Gasteiger partial charge is 0.289 e. The topological polar surface area (TPSA) is 96.5 Å². The summed E-state index contributed by atoms with van der Waals surface area (Å²) in [5.74, 6) is -0.859. The standard InChI is InChI=1S/C20H19N5O3S2/c26-18(14-4-6-15(7-5-14)30-17-3-1-2-8-21-17)23-24-19(27)16-13-29-20(22-16)25-9-11-28-12-10-25/h1-8,13H,9-12H2,(H,23,26)(H,24,27). The van der Waals surface area contributed by atoms with Crippen LogP contribution in [0, 0.1) is 0 Å². The van der Waals surface area contributed by atoms with Crippen LogP contribution in [0.25, 0.3) is 0 Å². The minimum Gasteiger partial charge on any atom is -0.378 e. The molecule has 3 heterocycles. The van der Waals surface area contributed by atoms with Crippen molar-refractivity contribution < 1.29 is 14.3 Å². The first-order chi connectivity index (χ1) is 14.7. The Morgan fingerprint density at radius 3 is 2.53 bits per heavy atom. The van der Waals surface area contributed by atoms with Crippen molar-refractivity contribution >= 4 is 40.0 Å². The average molecular weight is 442 g/mol. The van der Waals surface area contributed by atoms with Crippen LogP contribution in [0.15, 0.2) is 64.0 Å². The molecule has 2 aromatic heterocycles. The number of hydrazine groups is 1. The zero-order valence-electron chi connectivity index (χ0n) is 15.9. The van der Waals surface area contributed by atoms with Crippen molar-refractivity contribution in [2.75, 3.05) is 31.2 Å². The first-order valence-electron chi connectivity index (χ1n) is 9.27. The minimum absolute atomic E-state index is 0.268. The molecule has 154 valence electrons. The Morgan fingerprint density at radius 2 is 1.80 bits per heavy atom. The van der Waals surface area contributed by atoms with Gasteiger partial charge in [0.05, 0.1) is 13.2 Å². The summed E-state index contributed by atoms with van der Waals surface area (Å²) in [6, 6.07) is 12.8. The highest BCUT2D eigenvalue weighted by Gasteiger charge is 2.18. The third-order valence-corrected chi connectivity index (χ3v) is 6.13. The molecule has 8 nitrogen and oxygen atoms in total. The number of amides is 2. The fourth-order valence-corrected chi connectivity index (χ4v) is 4.35. The third kappa shape index (κ3) is 5.15. The lowest BCUT2D eigenvalue weighted by atomic mass is 10.2. The van der Waals surface area contributed by atoms with E-state index < -0.39 is 11.8 Å². The van der Waals surface area contributed by atoms with E-state index in [0.29, 0.717) is 18.8 Å². The number of carbonyl (C=O) groups is 2. The van der Waals surface area contributed by atoms with Crippen molar-refractivity contribution in [1.82, 2.24) is 20.8 Å². The van der Waals surface area contributed by atoms with Crippen molar-refractivity contribution in [2.24, 2.45) is 0 Å². The highest BCUT2D eigenvalue weighted by molar-refractivity contribution is 7.99. The van der Waals surface area contributed by atoms with Crippen LogP contribution in [0.3, 0.4) is 0 Å². The van der Waals surface area contributed by atoms with Crippen LogP contribution in [0.2, 0.25) is 0 Å². The second-order valence-corrected chi connectivity index (χ2v) is 8.25. The Bertz CT molecular complexity index is 1000. The lowest BCUT2D eigenvalue weighted by Crippen LogP contribution is -2.41. The van der Waals surface area contributed by atoms with Gasteiger partial charge in [0.1, 0.15) is 10.7 Å². The molecule has 2 N–H and O–H groups in total. The number of benzene rings is 1. The van der Waals surface area contributed by atoms with E-state index in [1.54, 1.807) is 23.7 Å². The molecule has 0 radical (unpaired) electrons. The number of hydrogen-bond donors (Lipinski definition) is 2. The Hall–Kier alpha value is -2.95. The normalized spacial score (nSPS) is 13.7. The lowest BCUT2D eigenvalue weighted by Gasteiger charge is -2.25. The summed E-state index contributed by atoms with van der Waals surface area (Å²) in [7, 11) is 0. The van der Waals surface area contributed by atoms with E-state index >= 15 is 0 Å². The largest absolute Gasteiger partial charge is 0.378 e. The van der Waals surface area contributed by atoms with E-state index in [9.17, 15) is 9.59 Å². The maximum absolute atomic E-state index is 12.3. The van der Waals surface area contributed by atoms with Crippen LogP contribution in [0.1, 0.15) is 20.8 Å². The third-order valence-electron chi connectivity index (χ3n) is 4.27. The van der Waals surface area contributed by atoms with Gasteiger partial charge in [-0.25, -0.2) is 9.97 Å². The predicted molar refractivity (Wildman–Crippen MR) is 115 cm³/mol. The molecule has 3 aromatic rings. The summed E-state index contributed by atoms with van der Waals surface area (Å²) < 4.78 is 5.32. The van der Waals surface area contributed by atoms with Gasteiger partial charge < -0.3 is 9.64 Å². The second kappa shape index (κ2) is 9.70. The van der Waals surface area contributed by atoms with Gasteiger partial charge in [0.2, 0.25) is 0 Å². The molecule has 0 saturated carbocycles. The summed E-state index contributed by atoms with van der Waals surface area (Å²) >= 11 is 2.90. The van der Waals surface area contributed by atoms with Gasteiger partial charge in [-0.3, -0.25) is 20.4 Å². The molecule has 10 heteroatoms. The molecule has 0 spiro atoms. The maximum atomic E-state index is 12.3. The predicted octanol–water partition coefficient (Wildman–Crippen LogP) is 2.60. The van der Waals surface area contributed by atoms with Gasteiger partial charge in [-0.2, -0.15) is 0 Å². The fraction of sp³-hybridized carbons (Fsp3) is 0.200. The highest BCUT2D eigenvalue weighted by atomic mass is 32.2. The van der Waals surface area contributed by atoms with E-state index in [1.807, 2.05) is 30.3 Å². The number of ether oxygens (including phenoxy) is 1. The van der Waals surface area contributed by atoms with Crippen LogP contribution >= 0.6 is 23.1 Å². The van der Waals surface area contributed by atoms with E-state index in [4.69, 9.17) is 4.74 Å². The molecule has 1 fully saturated rings. The van der Waals surface area contributed by atoms with Crippen molar-refractivity contribution in [1.29, 1.82) is 0 Å². The summed E-state index contributed by atoms with van der Waals surface area (Å²) in [6.07, 6.45) is 1.74. The molecule has 30 heavy (non-hydrogen) atoms. The van der Waals surface area contributed by atoms with E-state index in [1.165, 1.54) is 23.1 Å². The second-order valence-electron chi connectivity index (χ2n) is 6.32. The number of rotatable bonds is 5. The van der Waals surface area contributed by atoms with Gasteiger partial charge in [0, 0.05) is 35.1 Å². The van der Waals surface area contributed by atoms with Gasteiger partial charge in [-0.05, 0) is 36.4 Å². The van der Waals surface area contributed by atoms with E-state index in [-0.39, 0.29) is 5.69 Å². The first-order valence-corrected chi connectivity index (χ1v) is 11.0. The number of hydrogen-bond acceptors (Lipinski definition) is 8. The van der Waals surface area contributed by atoms with Gasteiger partial charge in [0.25, 0.3) is 11.8 Å². The van der Waals surface area contributed by atoms with Gasteiger partial charge in [-0.15, -0.1) is 11.3 Å². The zero-order chi connectivity index (χ0) is 20.8. The number of pyridine rings is 1. The van der Waals surface area contributed by atoms with E-state index in [2.05, 4.69) is 25.7 Å². The van der Waals surface area contributed by atoms with Gasteiger partial charge in [-0.1, -0.05) is 17.8 Å². The van der Waals surface area contributed by atoms with Gasteiger partial charge >= 0.3 is 0 Å². The SMILES string of the molecule is O=C(NNC(=O)c1csc(N2CCOCC2)n1)c1ccc(Sc2ccccn2)cc1. The van der Waals surface area contributed by atoms with Crippen molar-refractivity contribution in [2.45, 2.75) is 9.92 Å². The Morgan fingerprint density at radius 1 is 1.03 bits per heavy atom. The summed E-state index contributed by atoms with van der Waals surface area (Å²) in [5.41, 5.74) is 5.55. The molecule has 0 atom stereocenters. The quantitative estimate of drug-likeness (QED) is 0.588. The van der Waals surface area contributed by atoms with Crippen molar-refractivity contribution in [3.63, 3.8) is 0 Å². The summed E-state index contributed by atoms with van der Waals surface area (Å²) in [6.45, 7) is 2.80. The molecule has 0 aliphatic carbocycles. The van der Waals surface area contributed by atoms with Crippen LogP contribution in [-0.4, -0.2) is 48.1 Å². The van der Waals surface area contributed by atoms with Crippen LogP contribution in [-0.2, 0) is 4.74 Å². The minimum atomic E-state index is -0.457. The number of morpholine rings is 1.